The van der Waals surface area contributed by atoms with Crippen LogP contribution in [-0.4, -0.2) is 48.9 Å². The fourth-order valence-corrected chi connectivity index (χ4v) is 3.25. The zero-order chi connectivity index (χ0) is 21.3. The molecule has 1 fully saturated rings. The standard InChI is InChI=1S/C22H27N3O4/c1-17(20(27)29-15-19-7-5-4-6-8-19)9-10-18(2)25(16-26)22(21(28)23-3)11-13-24-14-12-22/h4-10,16,24H,1-2,11-15H2,3H3,(H,23,28)/b10-9-. The van der Waals surface area contributed by atoms with Gasteiger partial charge in [-0.25, -0.2) is 4.79 Å². The smallest absolute Gasteiger partial charge is 0.337 e. The van der Waals surface area contributed by atoms with Gasteiger partial charge in [-0.3, -0.25) is 9.59 Å². The molecular formula is C22H27N3O4. The van der Waals surface area contributed by atoms with Crippen molar-refractivity contribution >= 4 is 18.3 Å². The molecule has 0 aliphatic carbocycles. The monoisotopic (exact) mass is 397 g/mol. The van der Waals surface area contributed by atoms with Crippen LogP contribution in [0.2, 0.25) is 0 Å². The van der Waals surface area contributed by atoms with Crippen molar-refractivity contribution in [3.05, 3.63) is 72.5 Å². The topological polar surface area (TPSA) is 87.7 Å². The van der Waals surface area contributed by atoms with Crippen molar-refractivity contribution in [2.24, 2.45) is 0 Å². The Morgan fingerprint density at radius 3 is 2.45 bits per heavy atom. The molecule has 7 heteroatoms. The van der Waals surface area contributed by atoms with E-state index in [0.717, 1.165) is 5.56 Å². The Morgan fingerprint density at radius 1 is 1.21 bits per heavy atom. The molecule has 2 N–H and O–H groups in total. The first-order valence-electron chi connectivity index (χ1n) is 9.39. The lowest BCUT2D eigenvalue weighted by atomic mass is 9.85. The molecule has 154 valence electrons. The quantitative estimate of drug-likeness (QED) is 0.287. The van der Waals surface area contributed by atoms with Crippen molar-refractivity contribution < 1.29 is 19.1 Å². The average Bonchev–Trinajstić information content (AvgIpc) is 2.76. The summed E-state index contributed by atoms with van der Waals surface area (Å²) in [5.74, 6) is -0.819. The number of likely N-dealkylation sites (N-methyl/N-ethyl adjacent to an activating group) is 1. The molecule has 1 saturated heterocycles. The molecule has 1 aromatic carbocycles. The summed E-state index contributed by atoms with van der Waals surface area (Å²) in [7, 11) is 1.54. The minimum atomic E-state index is -1.02. The number of amides is 2. The van der Waals surface area contributed by atoms with E-state index in [1.807, 2.05) is 30.3 Å². The third-order valence-electron chi connectivity index (χ3n) is 4.91. The Morgan fingerprint density at radius 2 is 1.86 bits per heavy atom. The third-order valence-corrected chi connectivity index (χ3v) is 4.91. The molecule has 0 unspecified atom stereocenters. The highest BCUT2D eigenvalue weighted by atomic mass is 16.5. The van der Waals surface area contributed by atoms with Crippen LogP contribution in [0.15, 0.2) is 66.9 Å². The van der Waals surface area contributed by atoms with E-state index in [9.17, 15) is 14.4 Å². The molecule has 1 aliphatic heterocycles. The van der Waals surface area contributed by atoms with Crippen molar-refractivity contribution in [1.29, 1.82) is 0 Å². The fraction of sp³-hybridized carbons (Fsp3) is 0.318. The Balaban J connectivity index is 2.04. The average molecular weight is 397 g/mol. The molecule has 0 saturated carbocycles. The summed E-state index contributed by atoms with van der Waals surface area (Å²) >= 11 is 0. The Kier molecular flexibility index (Phi) is 7.91. The number of nitrogens with zero attached hydrogens (tertiary/aromatic N) is 1. The number of hydrogen-bond donors (Lipinski definition) is 2. The maximum atomic E-state index is 12.6. The minimum Gasteiger partial charge on any atom is -0.457 e. The van der Waals surface area contributed by atoms with E-state index in [1.165, 1.54) is 24.1 Å². The molecule has 2 amide bonds. The van der Waals surface area contributed by atoms with Crippen LogP contribution in [0.25, 0.3) is 0 Å². The molecule has 2 rings (SSSR count). The maximum absolute atomic E-state index is 12.6. The highest BCUT2D eigenvalue weighted by Gasteiger charge is 2.44. The summed E-state index contributed by atoms with van der Waals surface area (Å²) in [5, 5.41) is 5.82. The van der Waals surface area contributed by atoms with E-state index in [4.69, 9.17) is 4.74 Å². The first-order valence-corrected chi connectivity index (χ1v) is 9.39. The Bertz CT molecular complexity index is 796. The maximum Gasteiger partial charge on any atom is 0.337 e. The Labute approximate surface area is 171 Å². The summed E-state index contributed by atoms with van der Waals surface area (Å²) in [4.78, 5) is 37.8. The minimum absolute atomic E-state index is 0.118. The van der Waals surface area contributed by atoms with E-state index in [0.29, 0.717) is 38.0 Å². The molecule has 7 nitrogen and oxygen atoms in total. The van der Waals surface area contributed by atoms with Gasteiger partial charge in [0.25, 0.3) is 0 Å². The molecule has 0 atom stereocenters. The lowest BCUT2D eigenvalue weighted by Crippen LogP contribution is -2.61. The molecule has 0 radical (unpaired) electrons. The third kappa shape index (κ3) is 5.42. The van der Waals surface area contributed by atoms with E-state index >= 15 is 0 Å². The van der Waals surface area contributed by atoms with Crippen LogP contribution in [-0.2, 0) is 25.7 Å². The molecule has 1 aliphatic rings. The normalized spacial score (nSPS) is 15.3. The molecule has 29 heavy (non-hydrogen) atoms. The summed E-state index contributed by atoms with van der Waals surface area (Å²) in [6.07, 6.45) is 4.44. The first-order chi connectivity index (χ1) is 13.9. The van der Waals surface area contributed by atoms with Crippen LogP contribution >= 0.6 is 0 Å². The van der Waals surface area contributed by atoms with Gasteiger partial charge in [-0.1, -0.05) is 43.5 Å². The van der Waals surface area contributed by atoms with Gasteiger partial charge in [0.05, 0.1) is 5.57 Å². The number of benzene rings is 1. The lowest BCUT2D eigenvalue weighted by Gasteiger charge is -2.43. The first kappa shape index (κ1) is 22.1. The number of carbonyl (C=O) groups is 3. The van der Waals surface area contributed by atoms with Crippen LogP contribution in [0.1, 0.15) is 18.4 Å². The fourth-order valence-electron chi connectivity index (χ4n) is 3.25. The van der Waals surface area contributed by atoms with Gasteiger partial charge < -0.3 is 20.3 Å². The van der Waals surface area contributed by atoms with E-state index in [-0.39, 0.29) is 18.1 Å². The van der Waals surface area contributed by atoms with Gasteiger partial charge in [-0.15, -0.1) is 0 Å². The van der Waals surface area contributed by atoms with Gasteiger partial charge in [0.1, 0.15) is 12.1 Å². The SMILES string of the molecule is C=C(/C=C\C(=C)N(C=O)C1(C(=O)NC)CCNCC1)C(=O)OCc1ccccc1. The van der Waals surface area contributed by atoms with E-state index in [2.05, 4.69) is 23.8 Å². The molecule has 1 aromatic rings. The van der Waals surface area contributed by atoms with Crippen molar-refractivity contribution in [2.75, 3.05) is 20.1 Å². The van der Waals surface area contributed by atoms with Gasteiger partial charge >= 0.3 is 5.97 Å². The van der Waals surface area contributed by atoms with Crippen molar-refractivity contribution in [3.8, 4) is 0 Å². The summed E-state index contributed by atoms with van der Waals surface area (Å²) in [6, 6.07) is 9.31. The molecular weight excluding hydrogens is 370 g/mol. The number of hydrogen-bond acceptors (Lipinski definition) is 5. The van der Waals surface area contributed by atoms with Gasteiger partial charge in [0.15, 0.2) is 0 Å². The number of carbonyl (C=O) groups excluding carboxylic acids is 3. The number of esters is 1. The van der Waals surface area contributed by atoms with Crippen LogP contribution in [0.3, 0.4) is 0 Å². The summed E-state index contributed by atoms with van der Waals surface area (Å²) in [5.41, 5.74) is 0.264. The number of allylic oxidation sites excluding steroid dienone is 1. The number of rotatable bonds is 9. The molecule has 0 aromatic heterocycles. The van der Waals surface area contributed by atoms with Crippen molar-refractivity contribution in [2.45, 2.75) is 25.0 Å². The molecule has 0 spiro atoms. The van der Waals surface area contributed by atoms with Crippen LogP contribution in [0.4, 0.5) is 0 Å². The largest absolute Gasteiger partial charge is 0.457 e. The second-order valence-corrected chi connectivity index (χ2v) is 6.75. The summed E-state index contributed by atoms with van der Waals surface area (Å²) < 4.78 is 5.23. The second kappa shape index (κ2) is 10.4. The van der Waals surface area contributed by atoms with Gasteiger partial charge in [0.2, 0.25) is 12.3 Å². The number of nitrogens with one attached hydrogen (secondary N) is 2. The predicted octanol–water partition coefficient (Wildman–Crippen LogP) is 1.68. The van der Waals surface area contributed by atoms with Crippen molar-refractivity contribution in [3.63, 3.8) is 0 Å². The van der Waals surface area contributed by atoms with Gasteiger partial charge in [-0.2, -0.15) is 0 Å². The highest BCUT2D eigenvalue weighted by molar-refractivity contribution is 5.91. The van der Waals surface area contributed by atoms with Gasteiger partial charge in [0, 0.05) is 12.7 Å². The molecule has 0 bridgehead atoms. The van der Waals surface area contributed by atoms with Crippen LogP contribution in [0.5, 0.6) is 0 Å². The highest BCUT2D eigenvalue weighted by Crippen LogP contribution is 2.29. The number of ether oxygens (including phenoxy) is 1. The van der Waals surface area contributed by atoms with Crippen LogP contribution < -0.4 is 10.6 Å². The number of piperidine rings is 1. The second-order valence-electron chi connectivity index (χ2n) is 6.75. The predicted molar refractivity (Wildman–Crippen MR) is 110 cm³/mol. The zero-order valence-electron chi connectivity index (χ0n) is 16.6. The lowest BCUT2D eigenvalue weighted by molar-refractivity contribution is -0.140. The van der Waals surface area contributed by atoms with Crippen molar-refractivity contribution in [1.82, 2.24) is 15.5 Å². The van der Waals surface area contributed by atoms with E-state index in [1.54, 1.807) is 0 Å². The van der Waals surface area contributed by atoms with Crippen LogP contribution in [0, 0.1) is 0 Å². The van der Waals surface area contributed by atoms with Gasteiger partial charge in [-0.05, 0) is 43.6 Å². The van der Waals surface area contributed by atoms with E-state index < -0.39 is 11.5 Å². The Hall–Kier alpha value is -3.19. The summed E-state index contributed by atoms with van der Waals surface area (Å²) in [6.45, 7) is 8.96. The zero-order valence-corrected chi connectivity index (χ0v) is 16.6. The molecule has 1 heterocycles.